The fraction of sp³-hybridized carbons (Fsp3) is 0.800. The van der Waals surface area contributed by atoms with Crippen molar-refractivity contribution in [3.8, 4) is 0 Å². The van der Waals surface area contributed by atoms with Crippen molar-refractivity contribution in [1.82, 2.24) is 0 Å². The second kappa shape index (κ2) is 5.13. The summed E-state index contributed by atoms with van der Waals surface area (Å²) in [4.78, 5) is 9.95. The molecule has 0 saturated carbocycles. The van der Waals surface area contributed by atoms with Crippen molar-refractivity contribution in [3.05, 3.63) is 0 Å². The summed E-state index contributed by atoms with van der Waals surface area (Å²) in [6.45, 7) is 1.87. The van der Waals surface area contributed by atoms with Crippen LogP contribution in [0.4, 0.5) is 0 Å². The summed E-state index contributed by atoms with van der Waals surface area (Å²) < 4.78 is -0.0389. The molecule has 2 N–H and O–H groups in total. The van der Waals surface area contributed by atoms with E-state index in [4.69, 9.17) is 10.2 Å². The maximum atomic E-state index is 9.95. The Morgan fingerprint density at radius 3 is 2.67 bits per heavy atom. The van der Waals surface area contributed by atoms with Crippen molar-refractivity contribution in [2.24, 2.45) is 0 Å². The number of hydrogen-bond donors (Lipinski definition) is 2. The third-order valence-electron chi connectivity index (χ3n) is 0.876. The molecule has 1 atom stereocenters. The molecule has 0 bridgehead atoms. The van der Waals surface area contributed by atoms with Gasteiger partial charge in [0.1, 0.15) is 0 Å². The molecular weight excluding hydrogens is 199 g/mol. The SMILES string of the molecule is CC[CH](O)[Zr][CH2]C(=O)O. The summed E-state index contributed by atoms with van der Waals surface area (Å²) >= 11 is -1.01. The third kappa shape index (κ3) is 6.20. The van der Waals surface area contributed by atoms with Crippen LogP contribution >= 0.6 is 0 Å². The van der Waals surface area contributed by atoms with Crippen molar-refractivity contribution in [2.45, 2.75) is 21.3 Å². The zero-order valence-electron chi connectivity index (χ0n) is 5.29. The van der Waals surface area contributed by atoms with Crippen molar-refractivity contribution < 1.29 is 38.2 Å². The monoisotopic (exact) mass is 208 g/mol. The summed E-state index contributed by atoms with van der Waals surface area (Å²) in [5.41, 5.74) is 0. The van der Waals surface area contributed by atoms with E-state index in [0.717, 1.165) is 0 Å². The second-order valence-electron chi connectivity index (χ2n) is 1.70. The number of carboxylic acid groups (broad SMARTS) is 1. The van der Waals surface area contributed by atoms with Gasteiger partial charge in [-0.3, -0.25) is 0 Å². The van der Waals surface area contributed by atoms with Gasteiger partial charge in [-0.15, -0.1) is 0 Å². The number of aliphatic hydroxyl groups excluding tert-OH is 1. The number of aliphatic carboxylic acids is 1. The van der Waals surface area contributed by atoms with E-state index in [1.807, 2.05) is 6.92 Å². The minimum atomic E-state index is -1.01. The van der Waals surface area contributed by atoms with E-state index in [-0.39, 0.29) is 7.94 Å². The van der Waals surface area contributed by atoms with Crippen LogP contribution in [0.1, 0.15) is 13.3 Å². The minimum absolute atomic E-state index is 0.234. The number of hydrogen-bond acceptors (Lipinski definition) is 2. The number of aliphatic hydroxyl groups is 1. The van der Waals surface area contributed by atoms with Gasteiger partial charge in [-0.25, -0.2) is 0 Å². The van der Waals surface area contributed by atoms with E-state index in [0.29, 0.717) is 6.42 Å². The van der Waals surface area contributed by atoms with E-state index in [1.54, 1.807) is 0 Å². The van der Waals surface area contributed by atoms with Gasteiger partial charge in [0.15, 0.2) is 0 Å². The molecule has 0 rings (SSSR count). The Morgan fingerprint density at radius 1 is 1.78 bits per heavy atom. The first-order chi connectivity index (χ1) is 4.16. The Morgan fingerprint density at radius 2 is 2.33 bits per heavy atom. The van der Waals surface area contributed by atoms with Crippen molar-refractivity contribution in [3.63, 3.8) is 0 Å². The average Bonchev–Trinajstić information content (AvgIpc) is 1.83. The van der Waals surface area contributed by atoms with Gasteiger partial charge >= 0.3 is 65.5 Å². The predicted octanol–water partition coefficient (Wildman–Crippen LogP) is 0.300. The first-order valence-electron chi connectivity index (χ1n) is 2.80. The Hall–Kier alpha value is 0.313. The Balaban J connectivity index is 3.16. The van der Waals surface area contributed by atoms with Gasteiger partial charge in [0.05, 0.1) is 0 Å². The Labute approximate surface area is 65.6 Å². The van der Waals surface area contributed by atoms with Crippen LogP contribution in [0.15, 0.2) is 0 Å². The molecule has 0 fully saturated rings. The van der Waals surface area contributed by atoms with Gasteiger partial charge in [0, 0.05) is 0 Å². The van der Waals surface area contributed by atoms with Gasteiger partial charge in [-0.1, -0.05) is 0 Å². The van der Waals surface area contributed by atoms with Gasteiger partial charge in [-0.05, 0) is 0 Å². The molecule has 0 aromatic carbocycles. The van der Waals surface area contributed by atoms with Crippen molar-refractivity contribution in [2.75, 3.05) is 0 Å². The summed E-state index contributed by atoms with van der Waals surface area (Å²) in [5.74, 6) is -0.769. The molecule has 0 heterocycles. The van der Waals surface area contributed by atoms with Crippen molar-refractivity contribution >= 4 is 5.97 Å². The molecule has 0 aromatic rings. The van der Waals surface area contributed by atoms with E-state index < -0.39 is 29.2 Å². The zero-order valence-corrected chi connectivity index (χ0v) is 7.75. The topological polar surface area (TPSA) is 57.5 Å². The summed E-state index contributed by atoms with van der Waals surface area (Å²) in [6, 6.07) is 0. The number of carboxylic acids is 1. The van der Waals surface area contributed by atoms with Crippen LogP contribution in [0.25, 0.3) is 0 Å². The Kier molecular flexibility index (Phi) is 5.30. The molecule has 1 unspecified atom stereocenters. The standard InChI is InChI=1S/C3H7O.C2H3O2.Zr/c1-2-3-4;1-2(3)4;/h3-4H,2H2,1H3;1H2,(H,3,4);. The van der Waals surface area contributed by atoms with Crippen LogP contribution in [0.5, 0.6) is 0 Å². The molecule has 0 aliphatic rings. The molecule has 0 aromatic heterocycles. The molecule has 0 spiro atoms. The number of carbonyl (C=O) groups is 1. The van der Waals surface area contributed by atoms with E-state index in [2.05, 4.69) is 0 Å². The molecule has 0 radical (unpaired) electrons. The fourth-order valence-corrected chi connectivity index (χ4v) is 2.07. The zero-order chi connectivity index (χ0) is 7.28. The molecule has 9 heavy (non-hydrogen) atoms. The summed E-state index contributed by atoms with van der Waals surface area (Å²) in [7, 11) is 0. The molecule has 4 heteroatoms. The van der Waals surface area contributed by atoms with Crippen LogP contribution < -0.4 is 0 Å². The van der Waals surface area contributed by atoms with Crippen molar-refractivity contribution in [1.29, 1.82) is 0 Å². The van der Waals surface area contributed by atoms with Crippen LogP contribution in [0.3, 0.4) is 0 Å². The van der Waals surface area contributed by atoms with Crippen LogP contribution in [-0.2, 0) is 28.0 Å². The first kappa shape index (κ1) is 9.31. The molecule has 52 valence electrons. The van der Waals surface area contributed by atoms with Crippen LogP contribution in [-0.4, -0.2) is 20.0 Å². The quantitative estimate of drug-likeness (QED) is 0.700. The van der Waals surface area contributed by atoms with Crippen LogP contribution in [0.2, 0.25) is 4.13 Å². The predicted molar refractivity (Wildman–Crippen MR) is 28.7 cm³/mol. The van der Waals surface area contributed by atoms with E-state index in [9.17, 15) is 4.79 Å². The molecule has 0 aliphatic carbocycles. The van der Waals surface area contributed by atoms with E-state index in [1.165, 1.54) is 0 Å². The third-order valence-corrected chi connectivity index (χ3v) is 4.28. The molecule has 0 aliphatic heterocycles. The van der Waals surface area contributed by atoms with Gasteiger partial charge in [-0.2, -0.15) is 0 Å². The molecular formula is C5H10O3Zr. The van der Waals surface area contributed by atoms with Gasteiger partial charge in [0.25, 0.3) is 0 Å². The van der Waals surface area contributed by atoms with Gasteiger partial charge in [0.2, 0.25) is 0 Å². The maximum absolute atomic E-state index is 9.95. The van der Waals surface area contributed by atoms with Crippen LogP contribution in [0, 0.1) is 0 Å². The Bertz CT molecular complexity index is 94.2. The first-order valence-corrected chi connectivity index (χ1v) is 5.95. The molecule has 3 nitrogen and oxygen atoms in total. The molecule has 0 saturated heterocycles. The summed E-state index contributed by atoms with van der Waals surface area (Å²) in [5, 5.41) is 17.1. The van der Waals surface area contributed by atoms with Gasteiger partial charge < -0.3 is 0 Å². The summed E-state index contributed by atoms with van der Waals surface area (Å²) in [6.07, 6.45) is 0.708. The number of rotatable bonds is 4. The normalized spacial score (nSPS) is 12.7. The second-order valence-corrected chi connectivity index (χ2v) is 5.21. The molecule has 0 amide bonds. The fourth-order valence-electron chi connectivity index (χ4n) is 0.349. The average molecular weight is 209 g/mol. The van der Waals surface area contributed by atoms with E-state index >= 15 is 0 Å².